The summed E-state index contributed by atoms with van der Waals surface area (Å²) in [7, 11) is 1.69. The predicted octanol–water partition coefficient (Wildman–Crippen LogP) is 6.47. The fraction of sp³-hybridized carbons (Fsp3) is 0.276. The monoisotopic (exact) mass is 581 g/mol. The Hall–Kier alpha value is -3.20. The number of carbonyl (C=O) groups is 1. The Kier molecular flexibility index (Phi) is 8.96. The normalized spacial score (nSPS) is 13.5. The molecule has 7 nitrogen and oxygen atoms in total. The zero-order chi connectivity index (χ0) is 27.2. The third-order valence-electron chi connectivity index (χ3n) is 6.65. The fourth-order valence-electron chi connectivity index (χ4n) is 4.63. The van der Waals surface area contributed by atoms with Crippen LogP contribution in [0.4, 0.5) is 5.69 Å². The highest BCUT2D eigenvalue weighted by molar-refractivity contribution is 7.99. The first-order chi connectivity index (χ1) is 19.0. The van der Waals surface area contributed by atoms with E-state index in [0.29, 0.717) is 29.6 Å². The number of methoxy groups -OCH3 is 1. The van der Waals surface area contributed by atoms with Gasteiger partial charge in [-0.25, -0.2) is 0 Å². The molecule has 0 bridgehead atoms. The van der Waals surface area contributed by atoms with E-state index < -0.39 is 0 Å². The van der Waals surface area contributed by atoms with Gasteiger partial charge in [0, 0.05) is 43.9 Å². The van der Waals surface area contributed by atoms with Gasteiger partial charge < -0.3 is 14.5 Å². The summed E-state index contributed by atoms with van der Waals surface area (Å²) in [6.45, 7) is 2.98. The van der Waals surface area contributed by atoms with Crippen molar-refractivity contribution in [3.05, 3.63) is 82.8 Å². The first kappa shape index (κ1) is 27.4. The molecule has 39 heavy (non-hydrogen) atoms. The Bertz CT molecular complexity index is 1420. The Labute approximate surface area is 242 Å². The Morgan fingerprint density at radius 1 is 0.923 bits per heavy atom. The number of para-hydroxylation sites is 2. The smallest absolute Gasteiger partial charge is 0.222 e. The molecule has 0 unspecified atom stereocenters. The number of thioether (sulfide) groups is 1. The molecule has 1 amide bonds. The second-order valence-electron chi connectivity index (χ2n) is 9.10. The number of rotatable bonds is 9. The average Bonchev–Trinajstić information content (AvgIpc) is 3.41. The lowest BCUT2D eigenvalue weighted by atomic mass is 10.2. The van der Waals surface area contributed by atoms with Crippen molar-refractivity contribution in [1.29, 1.82) is 0 Å². The van der Waals surface area contributed by atoms with Gasteiger partial charge in [-0.05, 0) is 36.8 Å². The molecule has 0 N–H and O–H groups in total. The van der Waals surface area contributed by atoms with Crippen molar-refractivity contribution in [2.75, 3.05) is 43.9 Å². The third kappa shape index (κ3) is 6.35. The van der Waals surface area contributed by atoms with Crippen LogP contribution in [0.5, 0.6) is 5.75 Å². The lowest BCUT2D eigenvalue weighted by molar-refractivity contribution is -0.131. The van der Waals surface area contributed by atoms with Crippen LogP contribution in [0, 0.1) is 0 Å². The molecule has 10 heteroatoms. The van der Waals surface area contributed by atoms with E-state index in [-0.39, 0.29) is 5.91 Å². The number of benzene rings is 3. The van der Waals surface area contributed by atoms with Gasteiger partial charge in [-0.15, -0.1) is 10.2 Å². The minimum absolute atomic E-state index is 0.186. The molecule has 4 aromatic rings. The van der Waals surface area contributed by atoms with Crippen LogP contribution in [0.15, 0.2) is 78.0 Å². The van der Waals surface area contributed by atoms with Crippen LogP contribution in [-0.4, -0.2) is 64.6 Å². The molecule has 5 rings (SSSR count). The van der Waals surface area contributed by atoms with Crippen molar-refractivity contribution in [1.82, 2.24) is 19.7 Å². The van der Waals surface area contributed by atoms with Crippen LogP contribution in [0.1, 0.15) is 12.8 Å². The molecule has 202 valence electrons. The van der Waals surface area contributed by atoms with E-state index in [1.165, 1.54) is 0 Å². The summed E-state index contributed by atoms with van der Waals surface area (Å²) in [6.07, 6.45) is 1.24. The Balaban J connectivity index is 1.19. The van der Waals surface area contributed by atoms with Crippen LogP contribution < -0.4 is 9.64 Å². The zero-order valence-electron chi connectivity index (χ0n) is 21.6. The highest BCUT2D eigenvalue weighted by Gasteiger charge is 2.23. The summed E-state index contributed by atoms with van der Waals surface area (Å²) in [5.41, 5.74) is 2.86. The number of nitrogens with zero attached hydrogens (tertiary/aromatic N) is 5. The van der Waals surface area contributed by atoms with Gasteiger partial charge in [-0.2, -0.15) is 0 Å². The maximum Gasteiger partial charge on any atom is 0.222 e. The molecule has 1 aromatic heterocycles. The SMILES string of the molecule is COc1ccccc1N1CCN(C(=O)CCCSc2nnc(-c3ccccc3)n2-c2ccc(Cl)c(Cl)c2)CC1. The van der Waals surface area contributed by atoms with Crippen LogP contribution in [0.3, 0.4) is 0 Å². The molecule has 3 aromatic carbocycles. The lowest BCUT2D eigenvalue weighted by Gasteiger charge is -2.36. The quantitative estimate of drug-likeness (QED) is 0.167. The standard InChI is InChI=1S/C29H29Cl2N5O2S/c1-38-26-11-6-5-10-25(26)34-15-17-35(18-16-34)27(37)12-7-19-39-29-33-32-28(21-8-3-2-4-9-21)36(29)22-13-14-23(30)24(31)20-22/h2-6,8-11,13-14,20H,7,12,15-19H2,1H3. The molecule has 1 saturated heterocycles. The van der Waals surface area contributed by atoms with E-state index in [9.17, 15) is 4.79 Å². The van der Waals surface area contributed by atoms with Crippen LogP contribution in [-0.2, 0) is 4.79 Å². The van der Waals surface area contributed by atoms with E-state index in [4.69, 9.17) is 27.9 Å². The van der Waals surface area contributed by atoms with E-state index in [1.54, 1.807) is 24.9 Å². The zero-order valence-corrected chi connectivity index (χ0v) is 23.9. The largest absolute Gasteiger partial charge is 0.495 e. The molecule has 1 aliphatic heterocycles. The number of halogens is 2. The summed E-state index contributed by atoms with van der Waals surface area (Å²) in [5.74, 6) is 2.51. The molecule has 0 spiro atoms. The first-order valence-electron chi connectivity index (χ1n) is 12.8. The van der Waals surface area contributed by atoms with Gasteiger partial charge in [0.2, 0.25) is 5.91 Å². The number of aromatic nitrogens is 3. The summed E-state index contributed by atoms with van der Waals surface area (Å²) >= 11 is 14.1. The second-order valence-corrected chi connectivity index (χ2v) is 11.0. The van der Waals surface area contributed by atoms with Crippen LogP contribution in [0.25, 0.3) is 17.1 Å². The second kappa shape index (κ2) is 12.8. The Morgan fingerprint density at radius 3 is 2.41 bits per heavy atom. The van der Waals surface area contributed by atoms with Crippen molar-refractivity contribution >= 4 is 46.6 Å². The summed E-state index contributed by atoms with van der Waals surface area (Å²) < 4.78 is 7.49. The van der Waals surface area contributed by atoms with Crippen molar-refractivity contribution in [2.45, 2.75) is 18.0 Å². The molecule has 1 aliphatic rings. The molecule has 0 radical (unpaired) electrons. The number of hydrogen-bond acceptors (Lipinski definition) is 6. The summed E-state index contributed by atoms with van der Waals surface area (Å²) in [4.78, 5) is 17.2. The van der Waals surface area contributed by atoms with Crippen LogP contribution in [0.2, 0.25) is 10.0 Å². The van der Waals surface area contributed by atoms with E-state index in [2.05, 4.69) is 21.2 Å². The first-order valence-corrected chi connectivity index (χ1v) is 14.5. The average molecular weight is 583 g/mol. The van der Waals surface area contributed by atoms with E-state index >= 15 is 0 Å². The summed E-state index contributed by atoms with van der Waals surface area (Å²) in [6, 6.07) is 23.4. The topological polar surface area (TPSA) is 63.5 Å². The minimum Gasteiger partial charge on any atom is -0.495 e. The minimum atomic E-state index is 0.186. The lowest BCUT2D eigenvalue weighted by Crippen LogP contribution is -2.48. The fourth-order valence-corrected chi connectivity index (χ4v) is 5.81. The van der Waals surface area contributed by atoms with Gasteiger partial charge in [0.25, 0.3) is 0 Å². The molecule has 0 atom stereocenters. The van der Waals surface area contributed by atoms with Gasteiger partial charge in [0.15, 0.2) is 11.0 Å². The van der Waals surface area contributed by atoms with Gasteiger partial charge in [-0.1, -0.05) is 77.4 Å². The highest BCUT2D eigenvalue weighted by Crippen LogP contribution is 2.32. The highest BCUT2D eigenvalue weighted by atomic mass is 35.5. The number of ether oxygens (including phenoxy) is 1. The number of hydrogen-bond donors (Lipinski definition) is 0. The van der Waals surface area contributed by atoms with Crippen molar-refractivity contribution in [3.8, 4) is 22.8 Å². The van der Waals surface area contributed by atoms with E-state index in [0.717, 1.165) is 58.9 Å². The van der Waals surface area contributed by atoms with Gasteiger partial charge in [0.05, 0.1) is 28.5 Å². The molecule has 0 saturated carbocycles. The maximum absolute atomic E-state index is 12.9. The third-order valence-corrected chi connectivity index (χ3v) is 8.41. The van der Waals surface area contributed by atoms with E-state index in [1.807, 2.05) is 70.1 Å². The number of carbonyl (C=O) groups excluding carboxylic acids is 1. The molecule has 0 aliphatic carbocycles. The molecule has 2 heterocycles. The summed E-state index contributed by atoms with van der Waals surface area (Å²) in [5, 5.41) is 10.6. The Morgan fingerprint density at radius 2 is 1.67 bits per heavy atom. The van der Waals surface area contributed by atoms with Gasteiger partial charge in [0.1, 0.15) is 5.75 Å². The maximum atomic E-state index is 12.9. The van der Waals surface area contributed by atoms with Gasteiger partial charge >= 0.3 is 0 Å². The molecular weight excluding hydrogens is 553 g/mol. The predicted molar refractivity (Wildman–Crippen MR) is 159 cm³/mol. The van der Waals surface area contributed by atoms with Gasteiger partial charge in [-0.3, -0.25) is 9.36 Å². The van der Waals surface area contributed by atoms with Crippen molar-refractivity contribution < 1.29 is 9.53 Å². The number of anilines is 1. The number of amides is 1. The number of piperazine rings is 1. The van der Waals surface area contributed by atoms with Crippen molar-refractivity contribution in [2.24, 2.45) is 0 Å². The van der Waals surface area contributed by atoms with Crippen LogP contribution >= 0.6 is 35.0 Å². The molecule has 1 fully saturated rings. The van der Waals surface area contributed by atoms with Crippen molar-refractivity contribution in [3.63, 3.8) is 0 Å². The molecular formula is C29H29Cl2N5O2S.